The Bertz CT molecular complexity index is 528. The second-order valence-electron chi connectivity index (χ2n) is 6.39. The fraction of sp³-hybridized carbons (Fsp3) is 0.533. The van der Waals surface area contributed by atoms with Gasteiger partial charge in [0.05, 0.1) is 17.2 Å². The second kappa shape index (κ2) is 5.35. The zero-order chi connectivity index (χ0) is 15.8. The van der Waals surface area contributed by atoms with Gasteiger partial charge in [-0.15, -0.1) is 0 Å². The van der Waals surface area contributed by atoms with Crippen molar-refractivity contribution in [2.45, 2.75) is 51.9 Å². The van der Waals surface area contributed by atoms with E-state index in [0.717, 1.165) is 11.0 Å². The molecule has 1 aliphatic heterocycles. The highest BCUT2D eigenvalue weighted by Gasteiger charge is 2.52. The van der Waals surface area contributed by atoms with E-state index in [1.165, 1.54) is 0 Å². The van der Waals surface area contributed by atoms with E-state index in [9.17, 15) is 4.79 Å². The van der Waals surface area contributed by atoms with Crippen LogP contribution >= 0.6 is 0 Å². The smallest absolute Gasteiger partial charge is 0.465 e. The van der Waals surface area contributed by atoms with Gasteiger partial charge >= 0.3 is 13.2 Å². The molecule has 1 unspecified atom stereocenters. The molecule has 1 fully saturated rings. The Kier molecular flexibility index (Phi) is 4.04. The van der Waals surface area contributed by atoms with Gasteiger partial charge in [-0.3, -0.25) is 0 Å². The Balaban J connectivity index is 2.32. The van der Waals surface area contributed by atoms with E-state index in [-0.39, 0.29) is 6.04 Å². The molecule has 6 heteroatoms. The minimum absolute atomic E-state index is 0.335. The van der Waals surface area contributed by atoms with E-state index in [0.29, 0.717) is 0 Å². The third-order valence-corrected chi connectivity index (χ3v) is 4.31. The van der Waals surface area contributed by atoms with Crippen molar-refractivity contribution in [1.82, 2.24) is 5.32 Å². The molecule has 1 aromatic rings. The van der Waals surface area contributed by atoms with Crippen LogP contribution in [0.5, 0.6) is 0 Å². The first-order chi connectivity index (χ1) is 9.64. The summed E-state index contributed by atoms with van der Waals surface area (Å²) in [5.41, 5.74) is 0.874. The van der Waals surface area contributed by atoms with Gasteiger partial charge in [0, 0.05) is 0 Å². The van der Waals surface area contributed by atoms with E-state index in [4.69, 9.17) is 14.4 Å². The van der Waals surface area contributed by atoms with Gasteiger partial charge in [0.15, 0.2) is 0 Å². The molecule has 0 spiro atoms. The van der Waals surface area contributed by atoms with Crippen molar-refractivity contribution in [3.63, 3.8) is 0 Å². The third kappa shape index (κ3) is 3.06. The average Bonchev–Trinajstić information content (AvgIpc) is 2.57. The summed E-state index contributed by atoms with van der Waals surface area (Å²) >= 11 is 0. The number of carbonyl (C=O) groups is 1. The van der Waals surface area contributed by atoms with Gasteiger partial charge in [-0.25, -0.2) is 4.79 Å². The van der Waals surface area contributed by atoms with Crippen molar-refractivity contribution in [3.8, 4) is 0 Å². The van der Waals surface area contributed by atoms with E-state index in [1.54, 1.807) is 6.92 Å². The van der Waals surface area contributed by atoms with Crippen LogP contribution in [-0.2, 0) is 9.31 Å². The van der Waals surface area contributed by atoms with Crippen molar-refractivity contribution in [2.24, 2.45) is 0 Å². The molecular weight excluding hydrogens is 269 g/mol. The fourth-order valence-corrected chi connectivity index (χ4v) is 2.35. The topological polar surface area (TPSA) is 67.8 Å². The molecule has 0 aromatic heterocycles. The SMILES string of the molecule is CC(NC(=O)O)c1ccccc1B1OC(C)(C)C(C)(C)O1. The quantitative estimate of drug-likeness (QED) is 0.839. The van der Waals surface area contributed by atoms with Crippen LogP contribution in [-0.4, -0.2) is 29.5 Å². The maximum atomic E-state index is 10.8. The molecule has 1 amide bonds. The Morgan fingerprint density at radius 3 is 2.24 bits per heavy atom. The van der Waals surface area contributed by atoms with Crippen LogP contribution in [0.1, 0.15) is 46.2 Å². The van der Waals surface area contributed by atoms with E-state index in [1.807, 2.05) is 52.0 Å². The van der Waals surface area contributed by atoms with E-state index < -0.39 is 24.4 Å². The molecule has 0 aliphatic carbocycles. The molecule has 2 rings (SSSR count). The van der Waals surface area contributed by atoms with Crippen LogP contribution in [0.25, 0.3) is 0 Å². The lowest BCUT2D eigenvalue weighted by Crippen LogP contribution is -2.41. The Labute approximate surface area is 125 Å². The lowest BCUT2D eigenvalue weighted by Gasteiger charge is -2.32. The van der Waals surface area contributed by atoms with Gasteiger partial charge in [-0.1, -0.05) is 24.3 Å². The highest BCUT2D eigenvalue weighted by Crippen LogP contribution is 2.36. The van der Waals surface area contributed by atoms with Gasteiger partial charge in [-0.2, -0.15) is 0 Å². The summed E-state index contributed by atoms with van der Waals surface area (Å²) in [4.78, 5) is 10.8. The summed E-state index contributed by atoms with van der Waals surface area (Å²) in [6.07, 6.45) is -1.05. The maximum Gasteiger partial charge on any atom is 0.495 e. The largest absolute Gasteiger partial charge is 0.495 e. The molecule has 0 saturated carbocycles. The van der Waals surface area contributed by atoms with Crippen molar-refractivity contribution in [2.75, 3.05) is 0 Å². The number of hydrogen-bond donors (Lipinski definition) is 2. The van der Waals surface area contributed by atoms with E-state index in [2.05, 4.69) is 5.32 Å². The standard InChI is InChI=1S/C15H22BNO4/c1-10(17-13(18)19)11-8-6-7-9-12(11)16-20-14(2,3)15(4,5)21-16/h6-10,17H,1-5H3,(H,18,19). The zero-order valence-electron chi connectivity index (χ0n) is 13.1. The molecule has 21 heavy (non-hydrogen) atoms. The molecule has 1 heterocycles. The van der Waals surface area contributed by atoms with Gasteiger partial charge < -0.3 is 19.7 Å². The maximum absolute atomic E-state index is 10.8. The molecular formula is C15H22BNO4. The fourth-order valence-electron chi connectivity index (χ4n) is 2.35. The molecule has 114 valence electrons. The molecule has 5 nitrogen and oxygen atoms in total. The predicted molar refractivity (Wildman–Crippen MR) is 81.7 cm³/mol. The summed E-state index contributed by atoms with van der Waals surface area (Å²) in [5, 5.41) is 11.4. The Hall–Kier alpha value is -1.53. The van der Waals surface area contributed by atoms with Gasteiger partial charge in [0.2, 0.25) is 0 Å². The van der Waals surface area contributed by atoms with Gasteiger partial charge in [-0.05, 0) is 45.6 Å². The molecule has 0 radical (unpaired) electrons. The summed E-state index contributed by atoms with van der Waals surface area (Å²) in [5.74, 6) is 0. The second-order valence-corrected chi connectivity index (χ2v) is 6.39. The number of hydrogen-bond acceptors (Lipinski definition) is 3. The average molecular weight is 291 g/mol. The minimum Gasteiger partial charge on any atom is -0.465 e. The van der Waals surface area contributed by atoms with Crippen molar-refractivity contribution >= 4 is 18.7 Å². The molecule has 1 saturated heterocycles. The van der Waals surface area contributed by atoms with Crippen molar-refractivity contribution in [3.05, 3.63) is 29.8 Å². The van der Waals surface area contributed by atoms with Gasteiger partial charge in [0.25, 0.3) is 0 Å². The predicted octanol–water partition coefficient (Wildman–Crippen LogP) is 2.31. The lowest BCUT2D eigenvalue weighted by atomic mass is 9.74. The van der Waals surface area contributed by atoms with Crippen LogP contribution in [0, 0.1) is 0 Å². The molecule has 2 N–H and O–H groups in total. The van der Waals surface area contributed by atoms with Crippen LogP contribution in [0.4, 0.5) is 4.79 Å². The number of amides is 1. The number of carboxylic acid groups (broad SMARTS) is 1. The van der Waals surface area contributed by atoms with Gasteiger partial charge in [0.1, 0.15) is 0 Å². The first-order valence-electron chi connectivity index (χ1n) is 7.08. The summed E-state index contributed by atoms with van der Waals surface area (Å²) < 4.78 is 12.1. The lowest BCUT2D eigenvalue weighted by molar-refractivity contribution is 0.00578. The van der Waals surface area contributed by atoms with Crippen LogP contribution < -0.4 is 10.8 Å². The summed E-state index contributed by atoms with van der Waals surface area (Å²) in [6.45, 7) is 9.78. The zero-order valence-corrected chi connectivity index (χ0v) is 13.1. The molecule has 1 aromatic carbocycles. The summed E-state index contributed by atoms with van der Waals surface area (Å²) in [6, 6.07) is 7.25. The number of nitrogens with one attached hydrogen (secondary N) is 1. The third-order valence-electron chi connectivity index (χ3n) is 4.31. The molecule has 1 aliphatic rings. The van der Waals surface area contributed by atoms with Crippen molar-refractivity contribution < 1.29 is 19.2 Å². The minimum atomic E-state index is -1.05. The first-order valence-corrected chi connectivity index (χ1v) is 7.08. The first kappa shape index (κ1) is 15.9. The van der Waals surface area contributed by atoms with Crippen LogP contribution in [0.15, 0.2) is 24.3 Å². The van der Waals surface area contributed by atoms with Crippen molar-refractivity contribution in [1.29, 1.82) is 0 Å². The number of benzene rings is 1. The van der Waals surface area contributed by atoms with Crippen LogP contribution in [0.3, 0.4) is 0 Å². The normalized spacial score (nSPS) is 21.1. The number of rotatable bonds is 3. The Morgan fingerprint density at radius 1 is 1.19 bits per heavy atom. The van der Waals surface area contributed by atoms with Crippen LogP contribution in [0.2, 0.25) is 0 Å². The Morgan fingerprint density at radius 2 is 1.71 bits per heavy atom. The highest BCUT2D eigenvalue weighted by molar-refractivity contribution is 6.62. The van der Waals surface area contributed by atoms with E-state index >= 15 is 0 Å². The highest BCUT2D eigenvalue weighted by atomic mass is 16.7. The monoisotopic (exact) mass is 291 g/mol. The molecule has 1 atom stereocenters. The molecule has 0 bridgehead atoms. The summed E-state index contributed by atoms with van der Waals surface area (Å²) in [7, 11) is -0.496.